The van der Waals surface area contributed by atoms with E-state index in [4.69, 9.17) is 11.6 Å². The van der Waals surface area contributed by atoms with Crippen molar-refractivity contribution in [3.8, 4) is 5.69 Å². The third-order valence-corrected chi connectivity index (χ3v) is 5.20. The topological polar surface area (TPSA) is 81.8 Å². The number of alkyl halides is 3. The van der Waals surface area contributed by atoms with Crippen molar-refractivity contribution < 1.29 is 18.0 Å². The number of carbonyl (C=O) groups is 1. The van der Waals surface area contributed by atoms with E-state index in [0.717, 1.165) is 28.4 Å². The number of aryl methyl sites for hydroxylation is 1. The Morgan fingerprint density at radius 2 is 1.82 bits per heavy atom. The molecule has 2 aromatic carbocycles. The highest BCUT2D eigenvalue weighted by molar-refractivity contribution is 6.30. The number of aromatic nitrogens is 4. The van der Waals surface area contributed by atoms with Crippen molar-refractivity contribution in [2.75, 3.05) is 5.32 Å². The van der Waals surface area contributed by atoms with Gasteiger partial charge >= 0.3 is 6.18 Å². The van der Waals surface area contributed by atoms with E-state index in [-0.39, 0.29) is 11.4 Å². The van der Waals surface area contributed by atoms with Gasteiger partial charge in [-0.2, -0.15) is 23.4 Å². The molecule has 0 aliphatic rings. The van der Waals surface area contributed by atoms with Crippen molar-refractivity contribution in [3.63, 3.8) is 0 Å². The van der Waals surface area contributed by atoms with Gasteiger partial charge in [0.05, 0.1) is 24.0 Å². The van der Waals surface area contributed by atoms with E-state index < -0.39 is 28.8 Å². The van der Waals surface area contributed by atoms with Gasteiger partial charge in [0.1, 0.15) is 5.82 Å². The second-order valence-corrected chi connectivity index (χ2v) is 7.85. The number of amides is 1. The van der Waals surface area contributed by atoms with Crippen LogP contribution in [-0.2, 0) is 12.7 Å². The van der Waals surface area contributed by atoms with Crippen molar-refractivity contribution in [1.82, 2.24) is 19.6 Å². The van der Waals surface area contributed by atoms with Crippen LogP contribution in [0.5, 0.6) is 0 Å². The van der Waals surface area contributed by atoms with Crippen LogP contribution in [-0.4, -0.2) is 25.5 Å². The maximum Gasteiger partial charge on any atom is 0.416 e. The van der Waals surface area contributed by atoms with Gasteiger partial charge in [0.15, 0.2) is 5.69 Å². The van der Waals surface area contributed by atoms with Gasteiger partial charge in [-0.25, -0.2) is 9.36 Å². The number of benzene rings is 2. The lowest BCUT2D eigenvalue weighted by atomic mass is 10.2. The average Bonchev–Trinajstić information content (AvgIpc) is 3.21. The van der Waals surface area contributed by atoms with Crippen LogP contribution in [0.3, 0.4) is 0 Å². The molecule has 0 radical (unpaired) electrons. The monoisotopic (exact) mass is 487 g/mol. The molecule has 0 aliphatic carbocycles. The Morgan fingerprint density at radius 1 is 1.09 bits per heavy atom. The third kappa shape index (κ3) is 5.01. The standard InChI is InChI=1S/C23H17ClF3N5O2/c1-14-11-19(33)21(30-32(14)18-4-2-3-16(12-18)23(25,26)27)22(34)29-20-9-10-28-31(20)13-15-5-7-17(24)8-6-15/h2-12H,13H2,1H3,(H,29,34). The Morgan fingerprint density at radius 3 is 2.53 bits per heavy atom. The quantitative estimate of drug-likeness (QED) is 0.442. The summed E-state index contributed by atoms with van der Waals surface area (Å²) < 4.78 is 42.0. The van der Waals surface area contributed by atoms with Gasteiger partial charge < -0.3 is 5.32 Å². The Kier molecular flexibility index (Phi) is 6.25. The first-order valence-electron chi connectivity index (χ1n) is 9.98. The van der Waals surface area contributed by atoms with Crippen molar-refractivity contribution in [3.05, 3.63) is 105 Å². The number of halogens is 4. The van der Waals surface area contributed by atoms with Gasteiger partial charge in [-0.15, -0.1) is 0 Å². The lowest BCUT2D eigenvalue weighted by Crippen LogP contribution is -2.27. The molecule has 2 heterocycles. The minimum atomic E-state index is -4.55. The fraction of sp³-hybridized carbons (Fsp3) is 0.130. The molecule has 7 nitrogen and oxygen atoms in total. The molecular formula is C23H17ClF3N5O2. The van der Waals surface area contributed by atoms with E-state index in [1.54, 1.807) is 18.2 Å². The first-order chi connectivity index (χ1) is 16.1. The highest BCUT2D eigenvalue weighted by Crippen LogP contribution is 2.30. The molecule has 1 amide bonds. The Hall–Kier alpha value is -3.92. The fourth-order valence-corrected chi connectivity index (χ4v) is 3.41. The van der Waals surface area contributed by atoms with Gasteiger partial charge in [-0.1, -0.05) is 29.8 Å². The molecule has 0 fully saturated rings. The largest absolute Gasteiger partial charge is 0.416 e. The van der Waals surface area contributed by atoms with Crippen molar-refractivity contribution in [2.45, 2.75) is 19.6 Å². The van der Waals surface area contributed by atoms with Crippen LogP contribution < -0.4 is 10.7 Å². The summed E-state index contributed by atoms with van der Waals surface area (Å²) in [5, 5.41) is 11.4. The summed E-state index contributed by atoms with van der Waals surface area (Å²) >= 11 is 5.90. The molecule has 11 heteroatoms. The fourth-order valence-electron chi connectivity index (χ4n) is 3.28. The number of hydrogen-bond donors (Lipinski definition) is 1. The van der Waals surface area contributed by atoms with Crippen LogP contribution in [0.1, 0.15) is 27.3 Å². The zero-order chi connectivity index (χ0) is 24.5. The molecule has 0 bridgehead atoms. The summed E-state index contributed by atoms with van der Waals surface area (Å²) in [6, 6.07) is 14.2. The molecule has 0 saturated carbocycles. The van der Waals surface area contributed by atoms with Crippen LogP contribution in [0.2, 0.25) is 5.02 Å². The molecule has 34 heavy (non-hydrogen) atoms. The van der Waals surface area contributed by atoms with Crippen molar-refractivity contribution in [2.24, 2.45) is 0 Å². The summed E-state index contributed by atoms with van der Waals surface area (Å²) in [6.45, 7) is 1.84. The molecular weight excluding hydrogens is 471 g/mol. The van der Waals surface area contributed by atoms with E-state index in [9.17, 15) is 22.8 Å². The molecule has 174 valence electrons. The number of nitrogens with zero attached hydrogens (tertiary/aromatic N) is 4. The lowest BCUT2D eigenvalue weighted by Gasteiger charge is -2.14. The highest BCUT2D eigenvalue weighted by Gasteiger charge is 2.30. The number of rotatable bonds is 5. The predicted molar refractivity (Wildman–Crippen MR) is 120 cm³/mol. The van der Waals surface area contributed by atoms with E-state index in [0.29, 0.717) is 17.4 Å². The zero-order valence-corrected chi connectivity index (χ0v) is 18.4. The first kappa shape index (κ1) is 23.2. The number of carbonyl (C=O) groups excluding carboxylic acids is 1. The molecule has 1 N–H and O–H groups in total. The van der Waals surface area contributed by atoms with Crippen LogP contribution >= 0.6 is 11.6 Å². The SMILES string of the molecule is Cc1cc(=O)c(C(=O)Nc2ccnn2Cc2ccc(Cl)cc2)nn1-c1cccc(C(F)(F)F)c1. The van der Waals surface area contributed by atoms with Crippen LogP contribution in [0.4, 0.5) is 19.0 Å². The van der Waals surface area contributed by atoms with Crippen molar-refractivity contribution in [1.29, 1.82) is 0 Å². The smallest absolute Gasteiger partial charge is 0.305 e. The number of hydrogen-bond acceptors (Lipinski definition) is 4. The summed E-state index contributed by atoms with van der Waals surface area (Å²) in [5.74, 6) is -0.504. The molecule has 4 aromatic rings. The number of nitrogens with one attached hydrogen (secondary N) is 1. The van der Waals surface area contributed by atoms with Gasteiger partial charge in [0.2, 0.25) is 5.43 Å². The molecule has 0 aliphatic heterocycles. The maximum absolute atomic E-state index is 13.1. The van der Waals surface area contributed by atoms with E-state index >= 15 is 0 Å². The predicted octanol–water partition coefficient (Wildman–Crippen LogP) is 4.71. The molecule has 0 saturated heterocycles. The second kappa shape index (κ2) is 9.14. The minimum absolute atomic E-state index is 0.0640. The Bertz CT molecular complexity index is 1410. The van der Waals surface area contributed by atoms with Crippen LogP contribution in [0.25, 0.3) is 5.69 Å². The van der Waals surface area contributed by atoms with Crippen LogP contribution in [0, 0.1) is 6.92 Å². The molecule has 0 spiro atoms. The molecule has 0 unspecified atom stereocenters. The van der Waals surface area contributed by atoms with Gasteiger partial charge in [0.25, 0.3) is 5.91 Å². The van der Waals surface area contributed by atoms with Gasteiger partial charge in [-0.05, 0) is 42.8 Å². The molecule has 0 atom stereocenters. The first-order valence-corrected chi connectivity index (χ1v) is 10.4. The van der Waals surface area contributed by atoms with Crippen molar-refractivity contribution >= 4 is 23.3 Å². The van der Waals surface area contributed by atoms with Gasteiger partial charge in [0, 0.05) is 22.8 Å². The Balaban J connectivity index is 1.63. The summed E-state index contributed by atoms with van der Waals surface area (Å²) in [4.78, 5) is 25.4. The highest BCUT2D eigenvalue weighted by atomic mass is 35.5. The Labute approximate surface area is 196 Å². The second-order valence-electron chi connectivity index (χ2n) is 7.41. The lowest BCUT2D eigenvalue weighted by molar-refractivity contribution is -0.137. The summed E-state index contributed by atoms with van der Waals surface area (Å²) in [5.41, 5.74) is -0.793. The van der Waals surface area contributed by atoms with E-state index in [1.807, 2.05) is 12.1 Å². The average molecular weight is 488 g/mol. The van der Waals surface area contributed by atoms with E-state index in [1.165, 1.54) is 29.9 Å². The number of anilines is 1. The van der Waals surface area contributed by atoms with E-state index in [2.05, 4.69) is 15.5 Å². The summed E-state index contributed by atoms with van der Waals surface area (Å²) in [6.07, 6.45) is -3.07. The molecule has 4 rings (SSSR count). The molecule has 2 aromatic heterocycles. The normalized spacial score (nSPS) is 11.4. The minimum Gasteiger partial charge on any atom is -0.305 e. The van der Waals surface area contributed by atoms with Gasteiger partial charge in [-0.3, -0.25) is 9.59 Å². The third-order valence-electron chi connectivity index (χ3n) is 4.94. The zero-order valence-electron chi connectivity index (χ0n) is 17.7. The van der Waals surface area contributed by atoms with Crippen LogP contribution in [0.15, 0.2) is 71.7 Å². The maximum atomic E-state index is 13.1. The summed E-state index contributed by atoms with van der Waals surface area (Å²) in [7, 11) is 0.